The lowest BCUT2D eigenvalue weighted by Gasteiger charge is -2.51. The number of piperidine rings is 1. The van der Waals surface area contributed by atoms with E-state index in [4.69, 9.17) is 5.73 Å². The summed E-state index contributed by atoms with van der Waals surface area (Å²) in [7, 11) is 0. The van der Waals surface area contributed by atoms with E-state index < -0.39 is 58.0 Å². The molecule has 0 aromatic heterocycles. The molecule has 0 bridgehead atoms. The first-order chi connectivity index (χ1) is 17.0. The number of nitrogens with zero attached hydrogens (tertiary/aromatic N) is 1. The fourth-order valence-corrected chi connectivity index (χ4v) is 6.83. The minimum Gasteiger partial charge on any atom is -0.508 e. The predicted octanol–water partition coefficient (Wildman–Crippen LogP) is 2.01. The van der Waals surface area contributed by atoms with E-state index in [-0.39, 0.29) is 29.2 Å². The molecule has 0 radical (unpaired) electrons. The third-order valence-corrected chi connectivity index (χ3v) is 8.49. The first-order valence-corrected chi connectivity index (χ1v) is 12.6. The van der Waals surface area contributed by atoms with Crippen LogP contribution in [0.15, 0.2) is 29.0 Å². The quantitative estimate of drug-likeness (QED) is 0.397. The average molecular weight is 497 g/mol. The summed E-state index contributed by atoms with van der Waals surface area (Å²) < 4.78 is 0. The number of primary amides is 1. The van der Waals surface area contributed by atoms with Crippen molar-refractivity contribution >= 4 is 23.2 Å². The van der Waals surface area contributed by atoms with Gasteiger partial charge in [-0.2, -0.15) is 0 Å². The Morgan fingerprint density at radius 2 is 1.78 bits per heavy atom. The van der Waals surface area contributed by atoms with E-state index >= 15 is 0 Å². The Hall–Kier alpha value is -3.17. The second kappa shape index (κ2) is 8.45. The van der Waals surface area contributed by atoms with Crippen molar-refractivity contribution < 1.29 is 34.8 Å². The number of carbonyl (C=O) groups excluding carboxylic acids is 3. The number of Topliss-reactive ketones (excluding diaryl/α,β-unsaturated/α-hetero) is 2. The Kier molecular flexibility index (Phi) is 5.76. The van der Waals surface area contributed by atoms with Gasteiger partial charge < -0.3 is 26.2 Å². The normalized spacial score (nSPS) is 30.8. The lowest BCUT2D eigenvalue weighted by molar-refractivity contribution is -0.155. The Labute approximate surface area is 208 Å². The highest BCUT2D eigenvalue weighted by atomic mass is 16.3. The lowest BCUT2D eigenvalue weighted by atomic mass is 9.57. The van der Waals surface area contributed by atoms with Crippen LogP contribution in [0.1, 0.15) is 62.1 Å². The highest BCUT2D eigenvalue weighted by Crippen LogP contribution is 2.53. The minimum atomic E-state index is -2.59. The van der Waals surface area contributed by atoms with Crippen LogP contribution < -0.4 is 5.73 Å². The first kappa shape index (κ1) is 24.5. The van der Waals surface area contributed by atoms with Crippen LogP contribution in [0, 0.1) is 11.8 Å². The van der Waals surface area contributed by atoms with E-state index in [9.17, 15) is 34.8 Å². The number of aliphatic hydroxyl groups is 3. The monoisotopic (exact) mass is 496 g/mol. The topological polar surface area (TPSA) is 161 Å². The number of benzene rings is 1. The van der Waals surface area contributed by atoms with Gasteiger partial charge in [0.25, 0.3) is 5.91 Å². The molecule has 1 aliphatic heterocycles. The van der Waals surface area contributed by atoms with Gasteiger partial charge in [-0.1, -0.05) is 26.3 Å². The Morgan fingerprint density at radius 3 is 2.39 bits per heavy atom. The molecule has 9 heteroatoms. The predicted molar refractivity (Wildman–Crippen MR) is 130 cm³/mol. The maximum absolute atomic E-state index is 14.0. The van der Waals surface area contributed by atoms with Crippen LogP contribution in [-0.4, -0.2) is 67.5 Å². The van der Waals surface area contributed by atoms with Crippen LogP contribution in [-0.2, 0) is 20.8 Å². The Bertz CT molecular complexity index is 1240. The molecule has 1 amide bonds. The molecular weight excluding hydrogens is 464 g/mol. The second-order valence-electron chi connectivity index (χ2n) is 10.8. The molecule has 1 saturated carbocycles. The van der Waals surface area contributed by atoms with Gasteiger partial charge in [0.05, 0.1) is 11.6 Å². The summed E-state index contributed by atoms with van der Waals surface area (Å²) >= 11 is 0. The smallest absolute Gasteiger partial charge is 0.255 e. The number of aromatic hydroxyl groups is 1. The van der Waals surface area contributed by atoms with Gasteiger partial charge in [0, 0.05) is 11.5 Å². The molecule has 5 rings (SSSR count). The van der Waals surface area contributed by atoms with E-state index in [0.29, 0.717) is 19.5 Å². The number of hydrogen-bond acceptors (Lipinski definition) is 8. The number of carbonyl (C=O) groups is 3. The highest BCUT2D eigenvalue weighted by molar-refractivity contribution is 6.24. The lowest BCUT2D eigenvalue weighted by Crippen LogP contribution is -2.67. The fraction of sp³-hybridized carbons (Fsp3) is 0.519. The summed E-state index contributed by atoms with van der Waals surface area (Å²) in [5, 5.41) is 44.7. The largest absolute Gasteiger partial charge is 0.508 e. The molecule has 2 fully saturated rings. The van der Waals surface area contributed by atoms with Gasteiger partial charge in [-0.3, -0.25) is 19.3 Å². The van der Waals surface area contributed by atoms with E-state index in [2.05, 4.69) is 0 Å². The number of rotatable bonds is 3. The number of hydrogen-bond donors (Lipinski definition) is 5. The van der Waals surface area contributed by atoms with Crippen molar-refractivity contribution in [2.24, 2.45) is 17.6 Å². The zero-order chi connectivity index (χ0) is 26.1. The van der Waals surface area contributed by atoms with Gasteiger partial charge in [-0.15, -0.1) is 0 Å². The molecule has 1 aromatic carbocycles. The zero-order valence-electron chi connectivity index (χ0n) is 20.5. The molecule has 1 aromatic rings. The van der Waals surface area contributed by atoms with Crippen molar-refractivity contribution in [2.75, 3.05) is 13.1 Å². The number of nitrogens with two attached hydrogens (primary N) is 1. The third kappa shape index (κ3) is 3.25. The van der Waals surface area contributed by atoms with Crippen molar-refractivity contribution in [1.29, 1.82) is 0 Å². The summed E-state index contributed by atoms with van der Waals surface area (Å²) in [6, 6.07) is 2.26. The second-order valence-corrected chi connectivity index (χ2v) is 10.8. The Morgan fingerprint density at radius 1 is 1.11 bits per heavy atom. The van der Waals surface area contributed by atoms with Crippen LogP contribution in [0.25, 0.3) is 5.76 Å². The van der Waals surface area contributed by atoms with Gasteiger partial charge in [-0.25, -0.2) is 0 Å². The molecule has 192 valence electrons. The molecule has 6 N–H and O–H groups in total. The number of aliphatic hydroxyl groups excluding tert-OH is 2. The maximum Gasteiger partial charge on any atom is 0.255 e. The summed E-state index contributed by atoms with van der Waals surface area (Å²) in [4.78, 5) is 41.6. The SMILES string of the molecule is CC(C)c1ccc(O)c2c1CC1CC3C(N4CCCCC4)C(=O)C(C(N)=O)=C(O)C3(O)C(=O)C1=C2O. The van der Waals surface area contributed by atoms with Crippen molar-refractivity contribution in [3.05, 3.63) is 45.7 Å². The molecule has 4 atom stereocenters. The van der Waals surface area contributed by atoms with Crippen LogP contribution >= 0.6 is 0 Å². The van der Waals surface area contributed by atoms with Gasteiger partial charge >= 0.3 is 0 Å². The molecule has 4 aliphatic rings. The highest BCUT2D eigenvalue weighted by Gasteiger charge is 2.64. The van der Waals surface area contributed by atoms with Gasteiger partial charge in [-0.05, 0) is 67.8 Å². The molecule has 1 heterocycles. The Balaban J connectivity index is 1.72. The fourth-order valence-electron chi connectivity index (χ4n) is 6.83. The number of phenolic OH excluding ortho intramolecular Hbond substituents is 1. The van der Waals surface area contributed by atoms with Gasteiger partial charge in [0.2, 0.25) is 5.78 Å². The van der Waals surface area contributed by atoms with Crippen molar-refractivity contribution in [3.63, 3.8) is 0 Å². The van der Waals surface area contributed by atoms with E-state index in [1.807, 2.05) is 18.7 Å². The molecular formula is C27H32N2O7. The molecule has 9 nitrogen and oxygen atoms in total. The van der Waals surface area contributed by atoms with E-state index in [1.54, 1.807) is 6.07 Å². The summed E-state index contributed by atoms with van der Waals surface area (Å²) in [5.41, 5.74) is 3.76. The first-order valence-electron chi connectivity index (χ1n) is 12.6. The molecule has 3 aliphatic carbocycles. The summed E-state index contributed by atoms with van der Waals surface area (Å²) in [6.45, 7) is 5.09. The van der Waals surface area contributed by atoms with Crippen molar-refractivity contribution in [1.82, 2.24) is 4.90 Å². The zero-order valence-corrected chi connectivity index (χ0v) is 20.5. The molecule has 4 unspecified atom stereocenters. The third-order valence-electron chi connectivity index (χ3n) is 8.49. The van der Waals surface area contributed by atoms with E-state index in [0.717, 1.165) is 30.4 Å². The molecule has 1 saturated heterocycles. The van der Waals surface area contributed by atoms with E-state index in [1.165, 1.54) is 6.07 Å². The van der Waals surface area contributed by atoms with Crippen LogP contribution in [0.4, 0.5) is 0 Å². The standard InChI is InChI=1S/C27H32N2O7/c1-12(2)14-6-7-17(30)19-15(14)10-13-11-16-21(29-8-4-3-5-9-29)23(32)20(26(28)35)25(34)27(16,36)24(33)18(13)22(19)31/h6-7,12-13,16,21,30-31,34,36H,3-5,8-11H2,1-2H3,(H2,28,35). The average Bonchev–Trinajstić information content (AvgIpc) is 2.82. The summed E-state index contributed by atoms with van der Waals surface area (Å²) in [6.07, 6.45) is 3.07. The number of phenols is 1. The number of likely N-dealkylation sites (tertiary alicyclic amines) is 1. The van der Waals surface area contributed by atoms with Crippen LogP contribution in [0.3, 0.4) is 0 Å². The van der Waals surface area contributed by atoms with Gasteiger partial charge in [0.1, 0.15) is 22.8 Å². The van der Waals surface area contributed by atoms with Crippen molar-refractivity contribution in [2.45, 2.75) is 63.5 Å². The van der Waals surface area contributed by atoms with Crippen LogP contribution in [0.5, 0.6) is 5.75 Å². The number of amides is 1. The minimum absolute atomic E-state index is 0.0902. The number of fused-ring (bicyclic) bond motifs is 3. The molecule has 36 heavy (non-hydrogen) atoms. The summed E-state index contributed by atoms with van der Waals surface area (Å²) in [5.74, 6) is -6.03. The maximum atomic E-state index is 14.0. The number of ketones is 2. The van der Waals surface area contributed by atoms with Gasteiger partial charge in [0.15, 0.2) is 11.4 Å². The molecule has 0 spiro atoms. The van der Waals surface area contributed by atoms with Crippen molar-refractivity contribution in [3.8, 4) is 5.75 Å². The van der Waals surface area contributed by atoms with Crippen LogP contribution in [0.2, 0.25) is 0 Å².